The van der Waals surface area contributed by atoms with Crippen molar-refractivity contribution in [1.82, 2.24) is 4.98 Å². The van der Waals surface area contributed by atoms with E-state index in [1.54, 1.807) is 0 Å². The number of pyridine rings is 1. The summed E-state index contributed by atoms with van der Waals surface area (Å²) in [5.74, 6) is 1.69. The van der Waals surface area contributed by atoms with Gasteiger partial charge in [0.25, 0.3) is 0 Å². The summed E-state index contributed by atoms with van der Waals surface area (Å²) in [6.45, 7) is 4.14. The van der Waals surface area contributed by atoms with Crippen molar-refractivity contribution < 1.29 is 9.15 Å². The third-order valence-corrected chi connectivity index (χ3v) is 3.59. The Bertz CT molecular complexity index is 905. The van der Waals surface area contributed by atoms with E-state index < -0.39 is 0 Å². The van der Waals surface area contributed by atoms with Gasteiger partial charge in [-0.1, -0.05) is 12.1 Å². The van der Waals surface area contributed by atoms with E-state index in [9.17, 15) is 5.26 Å². The maximum Gasteiger partial charge on any atom is 0.233 e. The molecule has 5 heteroatoms. The first-order valence-electron chi connectivity index (χ1n) is 7.63. The Balaban J connectivity index is 2.22. The Hall–Kier alpha value is -3.26. The molecule has 0 saturated heterocycles. The quantitative estimate of drug-likeness (QED) is 0.729. The molecule has 0 aliphatic rings. The molecule has 5 nitrogen and oxygen atoms in total. The van der Waals surface area contributed by atoms with Crippen LogP contribution in [0.15, 0.2) is 46.9 Å². The molecule has 0 aliphatic heterocycles. The van der Waals surface area contributed by atoms with Gasteiger partial charge in [0.15, 0.2) is 0 Å². The highest BCUT2D eigenvalue weighted by molar-refractivity contribution is 5.75. The number of benzene rings is 1. The van der Waals surface area contributed by atoms with Crippen molar-refractivity contribution >= 4 is 5.69 Å². The molecular formula is C19H17N3O2. The Morgan fingerprint density at radius 2 is 1.96 bits per heavy atom. The number of hydrogen-bond donors (Lipinski definition) is 1. The highest BCUT2D eigenvalue weighted by Gasteiger charge is 2.18. The first-order chi connectivity index (χ1) is 11.6. The first kappa shape index (κ1) is 15.6. The van der Waals surface area contributed by atoms with Crippen LogP contribution in [0.3, 0.4) is 0 Å². The average molecular weight is 319 g/mol. The third-order valence-electron chi connectivity index (χ3n) is 3.59. The van der Waals surface area contributed by atoms with Gasteiger partial charge in [-0.15, -0.1) is 0 Å². The molecule has 0 spiro atoms. The number of aromatic nitrogens is 1. The molecule has 0 unspecified atom stereocenters. The van der Waals surface area contributed by atoms with Crippen molar-refractivity contribution in [1.29, 1.82) is 5.26 Å². The summed E-state index contributed by atoms with van der Waals surface area (Å²) in [7, 11) is 0. The van der Waals surface area contributed by atoms with Crippen molar-refractivity contribution in [2.24, 2.45) is 0 Å². The van der Waals surface area contributed by atoms with Crippen molar-refractivity contribution in [2.75, 3.05) is 12.3 Å². The van der Waals surface area contributed by atoms with E-state index in [0.29, 0.717) is 40.8 Å². The van der Waals surface area contributed by atoms with E-state index in [2.05, 4.69) is 11.1 Å². The molecule has 120 valence electrons. The molecular weight excluding hydrogens is 302 g/mol. The second kappa shape index (κ2) is 6.47. The lowest BCUT2D eigenvalue weighted by Crippen LogP contribution is -2.01. The van der Waals surface area contributed by atoms with Crippen LogP contribution in [-0.4, -0.2) is 11.6 Å². The highest BCUT2D eigenvalue weighted by atomic mass is 16.5. The standard InChI is InChI=1S/C19H17N3O2/c1-3-23-19-16(11-20)15(18-9-4-12(2)24-18)10-17(22-19)13-5-7-14(21)8-6-13/h4-10H,3,21H2,1-2H3. The second-order valence-corrected chi connectivity index (χ2v) is 5.31. The SMILES string of the molecule is CCOc1nc(-c2ccc(N)cc2)cc(-c2ccc(C)o2)c1C#N. The minimum Gasteiger partial charge on any atom is -0.477 e. The summed E-state index contributed by atoms with van der Waals surface area (Å²) in [6.07, 6.45) is 0. The van der Waals surface area contributed by atoms with Gasteiger partial charge in [0.1, 0.15) is 23.2 Å². The Morgan fingerprint density at radius 3 is 2.54 bits per heavy atom. The summed E-state index contributed by atoms with van der Waals surface area (Å²) in [5, 5.41) is 9.56. The number of rotatable bonds is 4. The summed E-state index contributed by atoms with van der Waals surface area (Å²) in [5.41, 5.74) is 9.04. The fraction of sp³-hybridized carbons (Fsp3) is 0.158. The van der Waals surface area contributed by atoms with Crippen molar-refractivity contribution in [3.05, 3.63) is 53.8 Å². The number of hydrogen-bond acceptors (Lipinski definition) is 5. The number of ether oxygens (including phenoxy) is 1. The zero-order chi connectivity index (χ0) is 17.1. The predicted octanol–water partition coefficient (Wildman–Crippen LogP) is 4.17. The van der Waals surface area contributed by atoms with Crippen LogP contribution in [0, 0.1) is 18.3 Å². The van der Waals surface area contributed by atoms with Gasteiger partial charge in [-0.05, 0) is 44.2 Å². The van der Waals surface area contributed by atoms with Crippen LogP contribution in [0.5, 0.6) is 5.88 Å². The van der Waals surface area contributed by atoms with Gasteiger partial charge in [0, 0.05) is 16.8 Å². The van der Waals surface area contributed by atoms with E-state index >= 15 is 0 Å². The first-order valence-corrected chi connectivity index (χ1v) is 7.63. The molecule has 0 amide bonds. The van der Waals surface area contributed by atoms with Crippen molar-refractivity contribution in [3.8, 4) is 34.5 Å². The number of aryl methyl sites for hydroxylation is 1. The second-order valence-electron chi connectivity index (χ2n) is 5.31. The van der Waals surface area contributed by atoms with E-state index in [4.69, 9.17) is 14.9 Å². The lowest BCUT2D eigenvalue weighted by Gasteiger charge is -2.11. The molecule has 3 rings (SSSR count). The van der Waals surface area contributed by atoms with Crippen molar-refractivity contribution in [3.63, 3.8) is 0 Å². The van der Waals surface area contributed by atoms with Gasteiger partial charge in [0.05, 0.1) is 12.3 Å². The van der Waals surface area contributed by atoms with Crippen LogP contribution in [0.1, 0.15) is 18.2 Å². The van der Waals surface area contributed by atoms with Crippen LogP contribution < -0.4 is 10.5 Å². The number of anilines is 1. The molecule has 0 saturated carbocycles. The molecule has 3 aromatic rings. The lowest BCUT2D eigenvalue weighted by molar-refractivity contribution is 0.326. The monoisotopic (exact) mass is 319 g/mol. The molecule has 2 heterocycles. The van der Waals surface area contributed by atoms with Crippen LogP contribution in [0.4, 0.5) is 5.69 Å². The predicted molar refractivity (Wildman–Crippen MR) is 92.4 cm³/mol. The topological polar surface area (TPSA) is 85.1 Å². The molecule has 0 atom stereocenters. The van der Waals surface area contributed by atoms with E-state index in [-0.39, 0.29) is 0 Å². The van der Waals surface area contributed by atoms with Gasteiger partial charge in [-0.3, -0.25) is 0 Å². The van der Waals surface area contributed by atoms with Gasteiger partial charge >= 0.3 is 0 Å². The molecule has 0 radical (unpaired) electrons. The summed E-state index contributed by atoms with van der Waals surface area (Å²) >= 11 is 0. The average Bonchev–Trinajstić information content (AvgIpc) is 3.01. The number of nitrogens with zero attached hydrogens (tertiary/aromatic N) is 2. The number of nitrogens with two attached hydrogens (primary N) is 1. The number of furan rings is 1. The van der Waals surface area contributed by atoms with E-state index in [0.717, 1.165) is 11.3 Å². The summed E-state index contributed by atoms with van der Waals surface area (Å²) in [6, 6.07) is 15.1. The van der Waals surface area contributed by atoms with Crippen LogP contribution in [0.25, 0.3) is 22.6 Å². The van der Waals surface area contributed by atoms with Gasteiger partial charge in [-0.2, -0.15) is 5.26 Å². The maximum absolute atomic E-state index is 9.56. The summed E-state index contributed by atoms with van der Waals surface area (Å²) in [4.78, 5) is 4.50. The Labute approximate surface area is 140 Å². The molecule has 0 fully saturated rings. The van der Waals surface area contributed by atoms with Crippen LogP contribution in [-0.2, 0) is 0 Å². The van der Waals surface area contributed by atoms with Crippen molar-refractivity contribution in [2.45, 2.75) is 13.8 Å². The van der Waals surface area contributed by atoms with Gasteiger partial charge in [-0.25, -0.2) is 4.98 Å². The highest BCUT2D eigenvalue weighted by Crippen LogP contribution is 2.34. The minimum atomic E-state index is 0.304. The largest absolute Gasteiger partial charge is 0.477 e. The fourth-order valence-corrected chi connectivity index (χ4v) is 2.45. The third kappa shape index (κ3) is 2.95. The normalized spacial score (nSPS) is 10.4. The zero-order valence-corrected chi connectivity index (χ0v) is 13.5. The molecule has 24 heavy (non-hydrogen) atoms. The lowest BCUT2D eigenvalue weighted by atomic mass is 10.0. The summed E-state index contributed by atoms with van der Waals surface area (Å²) < 4.78 is 11.3. The minimum absolute atomic E-state index is 0.304. The maximum atomic E-state index is 9.56. The number of nitrogen functional groups attached to an aromatic ring is 1. The molecule has 0 aliphatic carbocycles. The van der Waals surface area contributed by atoms with Crippen LogP contribution >= 0.6 is 0 Å². The number of nitriles is 1. The fourth-order valence-electron chi connectivity index (χ4n) is 2.45. The molecule has 2 aromatic heterocycles. The van der Waals surface area contributed by atoms with Crippen LogP contribution in [0.2, 0.25) is 0 Å². The molecule has 0 bridgehead atoms. The van der Waals surface area contributed by atoms with Gasteiger partial charge < -0.3 is 14.9 Å². The molecule has 2 N–H and O–H groups in total. The Morgan fingerprint density at radius 1 is 1.21 bits per heavy atom. The van der Waals surface area contributed by atoms with E-state index in [1.807, 2.05) is 56.3 Å². The Kier molecular flexibility index (Phi) is 4.21. The van der Waals surface area contributed by atoms with Gasteiger partial charge in [0.2, 0.25) is 5.88 Å². The van der Waals surface area contributed by atoms with E-state index in [1.165, 1.54) is 0 Å². The zero-order valence-electron chi connectivity index (χ0n) is 13.5. The smallest absolute Gasteiger partial charge is 0.233 e. The molecule has 1 aromatic carbocycles.